The third-order valence-electron chi connectivity index (χ3n) is 5.92. The number of hydrogen-bond acceptors (Lipinski definition) is 9. The van der Waals surface area contributed by atoms with E-state index in [9.17, 15) is 14.4 Å². The molecule has 13 heteroatoms. The summed E-state index contributed by atoms with van der Waals surface area (Å²) in [5.74, 6) is -0.339. The molecule has 2 N–H and O–H groups in total. The average molecular weight is 631 g/mol. The molecule has 3 heterocycles. The molecule has 0 bridgehead atoms. The van der Waals surface area contributed by atoms with Gasteiger partial charge in [0.1, 0.15) is 5.00 Å². The Morgan fingerprint density at radius 1 is 1.18 bits per heavy atom. The number of carbonyl (C=O) groups is 3. The second kappa shape index (κ2) is 12.2. The van der Waals surface area contributed by atoms with E-state index in [-0.39, 0.29) is 36.5 Å². The number of esters is 1. The molecular weight excluding hydrogens is 606 g/mol. The molecule has 39 heavy (non-hydrogen) atoms. The Morgan fingerprint density at radius 2 is 2.00 bits per heavy atom. The fraction of sp³-hybridized carbons (Fsp3) is 0.269. The van der Waals surface area contributed by atoms with E-state index >= 15 is 0 Å². The van der Waals surface area contributed by atoms with E-state index in [2.05, 4.69) is 36.8 Å². The zero-order chi connectivity index (χ0) is 27.4. The summed E-state index contributed by atoms with van der Waals surface area (Å²) in [6, 6.07) is 10.7. The van der Waals surface area contributed by atoms with Crippen molar-refractivity contribution in [1.29, 1.82) is 0 Å². The normalized spacial score (nSPS) is 12.3. The summed E-state index contributed by atoms with van der Waals surface area (Å²) in [6.45, 7) is 2.12. The van der Waals surface area contributed by atoms with Crippen LogP contribution in [-0.4, -0.2) is 44.9 Å². The number of furan rings is 1. The molecule has 0 saturated heterocycles. The van der Waals surface area contributed by atoms with Gasteiger partial charge in [-0.15, -0.1) is 21.5 Å². The number of rotatable bonds is 10. The summed E-state index contributed by atoms with van der Waals surface area (Å²) in [7, 11) is 0. The van der Waals surface area contributed by atoms with E-state index in [1.807, 2.05) is 24.3 Å². The summed E-state index contributed by atoms with van der Waals surface area (Å²) in [4.78, 5) is 39.1. The summed E-state index contributed by atoms with van der Waals surface area (Å²) >= 11 is 6.09. The van der Waals surface area contributed by atoms with Crippen LogP contribution in [0.2, 0.25) is 0 Å². The lowest BCUT2D eigenvalue weighted by atomic mass is 10.1. The molecule has 3 aromatic heterocycles. The Balaban J connectivity index is 1.32. The van der Waals surface area contributed by atoms with E-state index in [0.29, 0.717) is 21.5 Å². The molecule has 0 fully saturated rings. The molecule has 0 atom stereocenters. The van der Waals surface area contributed by atoms with Gasteiger partial charge in [0, 0.05) is 15.0 Å². The molecule has 2 amide bonds. The molecule has 0 unspecified atom stereocenters. The third kappa shape index (κ3) is 6.10. The van der Waals surface area contributed by atoms with Crippen LogP contribution in [0.15, 0.2) is 56.7 Å². The number of benzene rings is 1. The van der Waals surface area contributed by atoms with Gasteiger partial charge in [0.15, 0.2) is 16.7 Å². The lowest BCUT2D eigenvalue weighted by Gasteiger charge is -2.11. The van der Waals surface area contributed by atoms with Gasteiger partial charge >= 0.3 is 5.97 Å². The van der Waals surface area contributed by atoms with Gasteiger partial charge in [-0.05, 0) is 68.1 Å². The van der Waals surface area contributed by atoms with Gasteiger partial charge in [0.25, 0.3) is 5.91 Å². The predicted octanol–water partition coefficient (Wildman–Crippen LogP) is 5.01. The van der Waals surface area contributed by atoms with Crippen molar-refractivity contribution in [1.82, 2.24) is 20.1 Å². The van der Waals surface area contributed by atoms with E-state index in [1.54, 1.807) is 23.6 Å². The smallest absolute Gasteiger partial charge is 0.341 e. The number of thiophene rings is 1. The molecule has 1 aliphatic rings. The number of fused-ring (bicyclic) bond motifs is 1. The van der Waals surface area contributed by atoms with Crippen molar-refractivity contribution in [2.45, 2.75) is 37.9 Å². The maximum absolute atomic E-state index is 13.0. The fourth-order valence-corrected chi connectivity index (χ4v) is 6.55. The van der Waals surface area contributed by atoms with Crippen LogP contribution in [0.1, 0.15) is 50.5 Å². The Bertz CT molecular complexity index is 1500. The topological polar surface area (TPSA) is 128 Å². The van der Waals surface area contributed by atoms with Crippen molar-refractivity contribution in [2.24, 2.45) is 0 Å². The number of anilines is 1. The largest absolute Gasteiger partial charge is 0.462 e. The molecule has 10 nitrogen and oxygen atoms in total. The molecule has 4 aromatic rings. The zero-order valence-electron chi connectivity index (χ0n) is 20.9. The van der Waals surface area contributed by atoms with E-state index in [0.717, 1.165) is 39.9 Å². The van der Waals surface area contributed by atoms with Crippen LogP contribution < -0.4 is 10.6 Å². The molecule has 202 valence electrons. The summed E-state index contributed by atoms with van der Waals surface area (Å²) in [5, 5.41) is 15.2. The minimum Gasteiger partial charge on any atom is -0.462 e. The number of nitrogens with zero attached hydrogens (tertiary/aromatic N) is 3. The van der Waals surface area contributed by atoms with Crippen molar-refractivity contribution in [3.05, 3.63) is 74.7 Å². The number of aromatic nitrogens is 3. The van der Waals surface area contributed by atoms with Gasteiger partial charge in [-0.1, -0.05) is 27.7 Å². The first-order valence-electron chi connectivity index (χ1n) is 12.2. The molecule has 0 saturated carbocycles. The summed E-state index contributed by atoms with van der Waals surface area (Å²) in [5.41, 5.74) is 2.23. The van der Waals surface area contributed by atoms with Gasteiger partial charge in [-0.25, -0.2) is 4.79 Å². The number of ether oxygens (including phenoxy) is 1. The third-order valence-corrected chi connectivity index (χ3v) is 8.59. The maximum atomic E-state index is 13.0. The number of carbonyl (C=O) groups excluding carboxylic acids is 3. The fourth-order valence-electron chi connectivity index (χ4n) is 4.22. The number of amides is 2. The SMILES string of the molecule is CCOC(=O)c1c(NC(=O)CSc2nnc(CNC(=O)c3ccco3)n2-c2ccc(Br)cc2)sc2c1CCC2. The molecule has 0 radical (unpaired) electrons. The van der Waals surface area contributed by atoms with Crippen LogP contribution in [0.25, 0.3) is 5.69 Å². The van der Waals surface area contributed by atoms with Crippen molar-refractivity contribution in [3.8, 4) is 5.69 Å². The van der Waals surface area contributed by atoms with Gasteiger partial charge in [-0.3, -0.25) is 14.2 Å². The average Bonchev–Trinajstić information content (AvgIpc) is 3.71. The second-order valence-corrected chi connectivity index (χ2v) is 11.5. The molecule has 1 aliphatic carbocycles. The Hall–Kier alpha value is -3.42. The minimum absolute atomic E-state index is 0.0399. The van der Waals surface area contributed by atoms with Crippen LogP contribution in [0.4, 0.5) is 5.00 Å². The number of halogens is 1. The first-order chi connectivity index (χ1) is 18.9. The summed E-state index contributed by atoms with van der Waals surface area (Å²) < 4.78 is 13.1. The highest BCUT2D eigenvalue weighted by molar-refractivity contribution is 9.10. The number of hydrogen-bond donors (Lipinski definition) is 2. The van der Waals surface area contributed by atoms with Crippen LogP contribution in [0.3, 0.4) is 0 Å². The van der Waals surface area contributed by atoms with Gasteiger partial charge in [-0.2, -0.15) is 0 Å². The van der Waals surface area contributed by atoms with E-state index < -0.39 is 5.97 Å². The quantitative estimate of drug-likeness (QED) is 0.185. The molecule has 1 aromatic carbocycles. The van der Waals surface area contributed by atoms with Gasteiger partial charge in [0.2, 0.25) is 5.91 Å². The first-order valence-corrected chi connectivity index (χ1v) is 14.8. The lowest BCUT2D eigenvalue weighted by Crippen LogP contribution is -2.24. The van der Waals surface area contributed by atoms with E-state index in [4.69, 9.17) is 9.15 Å². The Labute approximate surface area is 240 Å². The Morgan fingerprint density at radius 3 is 2.74 bits per heavy atom. The van der Waals surface area contributed by atoms with Gasteiger partial charge in [0.05, 0.1) is 30.7 Å². The number of thioether (sulfide) groups is 1. The van der Waals surface area contributed by atoms with Crippen LogP contribution >= 0.6 is 39.0 Å². The van der Waals surface area contributed by atoms with Gasteiger partial charge < -0.3 is 19.8 Å². The summed E-state index contributed by atoms with van der Waals surface area (Å²) in [6.07, 6.45) is 4.12. The van der Waals surface area contributed by atoms with Crippen molar-refractivity contribution < 1.29 is 23.5 Å². The monoisotopic (exact) mass is 629 g/mol. The molecule has 5 rings (SSSR count). The van der Waals surface area contributed by atoms with Crippen LogP contribution in [0, 0.1) is 0 Å². The maximum Gasteiger partial charge on any atom is 0.341 e. The highest BCUT2D eigenvalue weighted by Gasteiger charge is 2.28. The van der Waals surface area contributed by atoms with E-state index in [1.165, 1.54) is 29.4 Å². The number of aryl methyl sites for hydroxylation is 1. The number of nitrogens with one attached hydrogen (secondary N) is 2. The first kappa shape index (κ1) is 27.2. The molecular formula is C26H24BrN5O5S2. The minimum atomic E-state index is -0.406. The van der Waals surface area contributed by atoms with Crippen molar-refractivity contribution >= 4 is 61.8 Å². The van der Waals surface area contributed by atoms with Crippen LogP contribution in [-0.2, 0) is 28.9 Å². The predicted molar refractivity (Wildman–Crippen MR) is 151 cm³/mol. The Kier molecular flexibility index (Phi) is 8.48. The highest BCUT2D eigenvalue weighted by atomic mass is 79.9. The zero-order valence-corrected chi connectivity index (χ0v) is 24.1. The lowest BCUT2D eigenvalue weighted by molar-refractivity contribution is -0.113. The standard InChI is InChI=1S/C26H24BrN5O5S2/c1-2-36-25(35)22-17-5-3-7-19(17)39-24(22)29-21(33)14-38-26-31-30-20(13-28-23(34)18-6-4-12-37-18)32(26)16-10-8-15(27)9-11-16/h4,6,8-12H,2-3,5,7,13-14H2,1H3,(H,28,34)(H,29,33). The van der Waals surface area contributed by atoms with Crippen molar-refractivity contribution in [3.63, 3.8) is 0 Å². The second-order valence-electron chi connectivity index (χ2n) is 8.49. The molecule has 0 aliphatic heterocycles. The molecule has 0 spiro atoms. The van der Waals surface area contributed by atoms with Crippen LogP contribution in [0.5, 0.6) is 0 Å². The van der Waals surface area contributed by atoms with Crippen molar-refractivity contribution in [2.75, 3.05) is 17.7 Å². The highest BCUT2D eigenvalue weighted by Crippen LogP contribution is 2.39.